The van der Waals surface area contributed by atoms with Gasteiger partial charge in [0.05, 0.1) is 6.61 Å². The average molecular weight is 248 g/mol. The number of carbonyl (C=O) groups is 2. The minimum Gasteiger partial charge on any atom is -0.466 e. The van der Waals surface area contributed by atoms with Crippen LogP contribution in [0, 0.1) is 0 Å². The van der Waals surface area contributed by atoms with Gasteiger partial charge in [0.2, 0.25) is 0 Å². The Bertz CT molecular complexity index is 371. The third-order valence-electron chi connectivity index (χ3n) is 2.69. The highest BCUT2D eigenvalue weighted by atomic mass is 16.5. The van der Waals surface area contributed by atoms with Crippen molar-refractivity contribution in [3.05, 3.63) is 35.9 Å². The van der Waals surface area contributed by atoms with Gasteiger partial charge in [0.15, 0.2) is 5.78 Å². The van der Waals surface area contributed by atoms with Crippen molar-refractivity contribution < 1.29 is 14.3 Å². The van der Waals surface area contributed by atoms with Gasteiger partial charge in [-0.1, -0.05) is 36.8 Å². The minimum atomic E-state index is -0.146. The predicted molar refractivity (Wildman–Crippen MR) is 70.5 cm³/mol. The summed E-state index contributed by atoms with van der Waals surface area (Å²) in [5.74, 6) is 0.0265. The molecule has 1 aromatic rings. The summed E-state index contributed by atoms with van der Waals surface area (Å²) in [4.78, 5) is 22.8. The summed E-state index contributed by atoms with van der Waals surface area (Å²) >= 11 is 0. The number of rotatable bonds is 8. The normalized spacial score (nSPS) is 10.1. The second-order valence-corrected chi connectivity index (χ2v) is 4.15. The van der Waals surface area contributed by atoms with E-state index in [1.807, 2.05) is 30.3 Å². The van der Waals surface area contributed by atoms with Gasteiger partial charge < -0.3 is 4.74 Å². The lowest BCUT2D eigenvalue weighted by atomic mass is 10.0. The smallest absolute Gasteiger partial charge is 0.305 e. The third-order valence-corrected chi connectivity index (χ3v) is 2.69. The third kappa shape index (κ3) is 5.62. The van der Waals surface area contributed by atoms with E-state index in [0.29, 0.717) is 19.4 Å². The number of Topliss-reactive ketones (excluding diaryl/α,β-unsaturated/α-hetero) is 1. The van der Waals surface area contributed by atoms with Gasteiger partial charge >= 0.3 is 5.97 Å². The Labute approximate surface area is 108 Å². The first kappa shape index (κ1) is 14.4. The van der Waals surface area contributed by atoms with Gasteiger partial charge in [-0.15, -0.1) is 0 Å². The molecule has 18 heavy (non-hydrogen) atoms. The largest absolute Gasteiger partial charge is 0.466 e. The van der Waals surface area contributed by atoms with Gasteiger partial charge in [-0.2, -0.15) is 0 Å². The van der Waals surface area contributed by atoms with Crippen LogP contribution in [0.2, 0.25) is 0 Å². The van der Waals surface area contributed by atoms with Gasteiger partial charge in [-0.05, 0) is 19.8 Å². The lowest BCUT2D eigenvalue weighted by Crippen LogP contribution is -2.03. The van der Waals surface area contributed by atoms with Crippen molar-refractivity contribution in [3.63, 3.8) is 0 Å². The van der Waals surface area contributed by atoms with Crippen LogP contribution in [0.15, 0.2) is 30.3 Å². The van der Waals surface area contributed by atoms with Crippen LogP contribution in [0.4, 0.5) is 0 Å². The Morgan fingerprint density at radius 2 is 1.67 bits per heavy atom. The molecule has 1 rings (SSSR count). The molecule has 0 heterocycles. The van der Waals surface area contributed by atoms with Gasteiger partial charge in [0.1, 0.15) is 0 Å². The quantitative estimate of drug-likeness (QED) is 0.402. The van der Waals surface area contributed by atoms with E-state index < -0.39 is 0 Å². The molecule has 0 aliphatic heterocycles. The van der Waals surface area contributed by atoms with Crippen molar-refractivity contribution in [3.8, 4) is 0 Å². The molecular weight excluding hydrogens is 228 g/mol. The predicted octanol–water partition coefficient (Wildman–Crippen LogP) is 3.38. The van der Waals surface area contributed by atoms with E-state index in [2.05, 4.69) is 0 Å². The summed E-state index contributed by atoms with van der Waals surface area (Å²) in [5, 5.41) is 0. The van der Waals surface area contributed by atoms with Crippen LogP contribution in [0.1, 0.15) is 49.4 Å². The maximum atomic E-state index is 11.8. The van der Waals surface area contributed by atoms with E-state index in [-0.39, 0.29) is 11.8 Å². The highest BCUT2D eigenvalue weighted by Gasteiger charge is 2.05. The molecule has 0 radical (unpaired) electrons. The van der Waals surface area contributed by atoms with E-state index >= 15 is 0 Å². The van der Waals surface area contributed by atoms with Crippen molar-refractivity contribution in [2.45, 2.75) is 39.0 Å². The van der Waals surface area contributed by atoms with Gasteiger partial charge in [0, 0.05) is 18.4 Å². The van der Waals surface area contributed by atoms with Crippen LogP contribution in [0.5, 0.6) is 0 Å². The molecule has 3 heteroatoms. The van der Waals surface area contributed by atoms with Crippen molar-refractivity contribution in [2.75, 3.05) is 6.61 Å². The van der Waals surface area contributed by atoms with Crippen LogP contribution < -0.4 is 0 Å². The molecule has 0 saturated heterocycles. The van der Waals surface area contributed by atoms with Gasteiger partial charge in [-0.25, -0.2) is 0 Å². The summed E-state index contributed by atoms with van der Waals surface area (Å²) in [5.41, 5.74) is 0.767. The maximum absolute atomic E-state index is 11.8. The number of ether oxygens (including phenoxy) is 1. The number of esters is 1. The zero-order chi connectivity index (χ0) is 13.2. The topological polar surface area (TPSA) is 43.4 Å². The summed E-state index contributed by atoms with van der Waals surface area (Å²) in [6, 6.07) is 9.31. The molecular formula is C15H20O3. The molecule has 0 atom stereocenters. The summed E-state index contributed by atoms with van der Waals surface area (Å²) in [6.07, 6.45) is 3.51. The Morgan fingerprint density at radius 3 is 2.33 bits per heavy atom. The molecule has 0 aliphatic rings. The van der Waals surface area contributed by atoms with Crippen molar-refractivity contribution in [1.29, 1.82) is 0 Å². The molecule has 0 bridgehead atoms. The standard InChI is InChI=1S/C15H20O3/c1-2-18-15(17)12-8-4-7-11-14(16)13-9-5-3-6-10-13/h3,5-6,9-10H,2,4,7-8,11-12H2,1H3. The Morgan fingerprint density at radius 1 is 1.00 bits per heavy atom. The minimum absolute atomic E-state index is 0.146. The monoisotopic (exact) mass is 248 g/mol. The summed E-state index contributed by atoms with van der Waals surface area (Å²) in [7, 11) is 0. The molecule has 0 spiro atoms. The number of unbranched alkanes of at least 4 members (excludes halogenated alkanes) is 2. The molecule has 0 N–H and O–H groups in total. The second-order valence-electron chi connectivity index (χ2n) is 4.15. The van der Waals surface area contributed by atoms with Gasteiger partial charge in [-0.3, -0.25) is 9.59 Å². The fourth-order valence-electron chi connectivity index (χ4n) is 1.73. The number of hydrogen-bond donors (Lipinski definition) is 0. The average Bonchev–Trinajstić information content (AvgIpc) is 2.39. The first-order chi connectivity index (χ1) is 8.74. The zero-order valence-corrected chi connectivity index (χ0v) is 10.9. The van der Waals surface area contributed by atoms with Crippen molar-refractivity contribution in [2.24, 2.45) is 0 Å². The van der Waals surface area contributed by atoms with Gasteiger partial charge in [0.25, 0.3) is 0 Å². The highest BCUT2D eigenvalue weighted by molar-refractivity contribution is 5.95. The van der Waals surface area contributed by atoms with E-state index in [9.17, 15) is 9.59 Å². The Kier molecular flexibility index (Phi) is 6.77. The van der Waals surface area contributed by atoms with Crippen molar-refractivity contribution >= 4 is 11.8 Å². The highest BCUT2D eigenvalue weighted by Crippen LogP contribution is 2.09. The number of hydrogen-bond acceptors (Lipinski definition) is 3. The van der Waals surface area contributed by atoms with E-state index in [1.54, 1.807) is 6.92 Å². The molecule has 0 aromatic heterocycles. The first-order valence-corrected chi connectivity index (χ1v) is 6.48. The maximum Gasteiger partial charge on any atom is 0.305 e. The number of carbonyl (C=O) groups excluding carboxylic acids is 2. The summed E-state index contributed by atoms with van der Waals surface area (Å²) in [6.45, 7) is 2.24. The molecule has 0 aliphatic carbocycles. The van der Waals surface area contributed by atoms with Crippen molar-refractivity contribution in [1.82, 2.24) is 0 Å². The van der Waals surface area contributed by atoms with Crippen LogP contribution in [0.3, 0.4) is 0 Å². The van der Waals surface area contributed by atoms with Crippen LogP contribution in [-0.2, 0) is 9.53 Å². The molecule has 0 fully saturated rings. The summed E-state index contributed by atoms with van der Waals surface area (Å²) < 4.78 is 4.83. The Balaban J connectivity index is 2.11. The lowest BCUT2D eigenvalue weighted by molar-refractivity contribution is -0.143. The second kappa shape index (κ2) is 8.45. The first-order valence-electron chi connectivity index (χ1n) is 6.48. The molecule has 0 saturated carbocycles. The molecule has 0 amide bonds. The number of ketones is 1. The van der Waals surface area contributed by atoms with E-state index in [0.717, 1.165) is 24.8 Å². The number of benzene rings is 1. The molecule has 1 aromatic carbocycles. The fraction of sp³-hybridized carbons (Fsp3) is 0.467. The Hall–Kier alpha value is -1.64. The van der Waals surface area contributed by atoms with E-state index in [4.69, 9.17) is 4.74 Å². The molecule has 3 nitrogen and oxygen atoms in total. The zero-order valence-electron chi connectivity index (χ0n) is 10.9. The van der Waals surface area contributed by atoms with Crippen LogP contribution in [-0.4, -0.2) is 18.4 Å². The van der Waals surface area contributed by atoms with E-state index in [1.165, 1.54) is 0 Å². The lowest BCUT2D eigenvalue weighted by Gasteiger charge is -2.02. The van der Waals surface area contributed by atoms with Crippen LogP contribution in [0.25, 0.3) is 0 Å². The fourth-order valence-corrected chi connectivity index (χ4v) is 1.73. The molecule has 98 valence electrons. The molecule has 0 unspecified atom stereocenters. The van der Waals surface area contributed by atoms with Crippen LogP contribution >= 0.6 is 0 Å². The SMILES string of the molecule is CCOC(=O)CCCCCC(=O)c1ccccc1.